The number of hydrazine groups is 1. The maximum absolute atomic E-state index is 13.2. The predicted octanol–water partition coefficient (Wildman–Crippen LogP) is 3.17. The van der Waals surface area contributed by atoms with Crippen molar-refractivity contribution >= 4 is 0 Å². The summed E-state index contributed by atoms with van der Waals surface area (Å²) >= 11 is 0. The third kappa shape index (κ3) is 3.98. The van der Waals surface area contributed by atoms with E-state index < -0.39 is 11.6 Å². The van der Waals surface area contributed by atoms with E-state index >= 15 is 0 Å². The fourth-order valence-electron chi connectivity index (χ4n) is 3.19. The Hall–Kier alpha value is -1.00. The molecule has 1 aromatic rings. The van der Waals surface area contributed by atoms with E-state index in [4.69, 9.17) is 5.84 Å². The Kier molecular flexibility index (Phi) is 4.88. The smallest absolute Gasteiger partial charge is 0.126 e. The van der Waals surface area contributed by atoms with Crippen molar-refractivity contribution in [1.82, 2.24) is 5.43 Å². The van der Waals surface area contributed by atoms with Crippen LogP contribution in [0.4, 0.5) is 8.78 Å². The van der Waals surface area contributed by atoms with E-state index in [1.807, 2.05) is 0 Å². The summed E-state index contributed by atoms with van der Waals surface area (Å²) in [5.74, 6) is 5.78. The van der Waals surface area contributed by atoms with Gasteiger partial charge in [0.2, 0.25) is 0 Å². The first-order valence-corrected chi connectivity index (χ1v) is 6.99. The molecule has 0 heterocycles. The number of hydrogen-bond acceptors (Lipinski definition) is 2. The zero-order valence-corrected chi connectivity index (χ0v) is 11.3. The summed E-state index contributed by atoms with van der Waals surface area (Å²) in [5.41, 5.74) is 3.50. The lowest BCUT2D eigenvalue weighted by Crippen LogP contribution is -2.44. The van der Waals surface area contributed by atoms with Gasteiger partial charge in [-0.3, -0.25) is 11.3 Å². The third-order valence-electron chi connectivity index (χ3n) is 4.14. The zero-order chi connectivity index (χ0) is 13.8. The molecule has 1 saturated carbocycles. The molecule has 2 nitrogen and oxygen atoms in total. The van der Waals surface area contributed by atoms with Gasteiger partial charge in [-0.05, 0) is 48.8 Å². The van der Waals surface area contributed by atoms with Gasteiger partial charge >= 0.3 is 0 Å². The summed E-state index contributed by atoms with van der Waals surface area (Å²) < 4.78 is 26.4. The third-order valence-corrected chi connectivity index (χ3v) is 4.14. The summed E-state index contributed by atoms with van der Waals surface area (Å²) in [4.78, 5) is 0. The highest BCUT2D eigenvalue weighted by atomic mass is 19.1. The van der Waals surface area contributed by atoms with Crippen molar-refractivity contribution in [1.29, 1.82) is 0 Å². The second kappa shape index (κ2) is 6.44. The zero-order valence-electron chi connectivity index (χ0n) is 11.3. The molecule has 1 aliphatic carbocycles. The maximum Gasteiger partial charge on any atom is 0.126 e. The predicted molar refractivity (Wildman–Crippen MR) is 72.3 cm³/mol. The minimum absolute atomic E-state index is 0.0870. The highest BCUT2D eigenvalue weighted by Gasteiger charge is 2.26. The van der Waals surface area contributed by atoms with Crippen LogP contribution in [0.15, 0.2) is 18.2 Å². The fourth-order valence-corrected chi connectivity index (χ4v) is 3.19. The molecular weight excluding hydrogens is 246 g/mol. The Balaban J connectivity index is 2.05. The van der Waals surface area contributed by atoms with Gasteiger partial charge in [-0.1, -0.05) is 19.8 Å². The summed E-state index contributed by atoms with van der Waals surface area (Å²) in [6.07, 6.45) is 5.32. The van der Waals surface area contributed by atoms with Crippen molar-refractivity contribution in [3.63, 3.8) is 0 Å². The lowest BCUT2D eigenvalue weighted by atomic mass is 9.77. The molecule has 4 heteroatoms. The Morgan fingerprint density at radius 2 is 1.95 bits per heavy atom. The van der Waals surface area contributed by atoms with Crippen molar-refractivity contribution in [2.75, 3.05) is 0 Å². The van der Waals surface area contributed by atoms with Crippen LogP contribution in [0.25, 0.3) is 0 Å². The maximum atomic E-state index is 13.2. The topological polar surface area (TPSA) is 38.0 Å². The average Bonchev–Trinajstić information content (AvgIpc) is 2.34. The fraction of sp³-hybridized carbons (Fsp3) is 0.600. The average molecular weight is 268 g/mol. The number of rotatable bonds is 4. The summed E-state index contributed by atoms with van der Waals surface area (Å²) in [5, 5.41) is 0. The van der Waals surface area contributed by atoms with E-state index in [1.165, 1.54) is 25.0 Å². The number of nitrogens with two attached hydrogens (primary N) is 1. The van der Waals surface area contributed by atoms with Gasteiger partial charge in [0.25, 0.3) is 0 Å². The molecule has 0 radical (unpaired) electrons. The van der Waals surface area contributed by atoms with Crippen LogP contribution in [0.3, 0.4) is 0 Å². The van der Waals surface area contributed by atoms with Gasteiger partial charge in [0.1, 0.15) is 11.6 Å². The molecule has 0 spiro atoms. The second-order valence-corrected chi connectivity index (χ2v) is 5.79. The van der Waals surface area contributed by atoms with Crippen LogP contribution in [-0.2, 0) is 6.42 Å². The molecule has 19 heavy (non-hydrogen) atoms. The minimum Gasteiger partial charge on any atom is -0.271 e. The van der Waals surface area contributed by atoms with Crippen molar-refractivity contribution in [2.45, 2.75) is 45.1 Å². The Morgan fingerprint density at radius 3 is 2.53 bits per heavy atom. The molecule has 3 N–H and O–H groups in total. The Labute approximate surface area is 113 Å². The summed E-state index contributed by atoms with van der Waals surface area (Å²) in [6.45, 7) is 2.25. The summed E-state index contributed by atoms with van der Waals surface area (Å²) in [7, 11) is 0. The van der Waals surface area contributed by atoms with Crippen LogP contribution in [0.1, 0.15) is 38.2 Å². The molecule has 3 atom stereocenters. The van der Waals surface area contributed by atoms with Gasteiger partial charge < -0.3 is 0 Å². The summed E-state index contributed by atoms with van der Waals surface area (Å²) in [6, 6.07) is 3.76. The first-order chi connectivity index (χ1) is 9.08. The van der Waals surface area contributed by atoms with Crippen LogP contribution in [-0.4, -0.2) is 6.04 Å². The molecule has 0 aromatic heterocycles. The monoisotopic (exact) mass is 268 g/mol. The molecule has 2 rings (SSSR count). The van der Waals surface area contributed by atoms with Crippen LogP contribution in [0.2, 0.25) is 0 Å². The van der Waals surface area contributed by atoms with Crippen molar-refractivity contribution in [3.05, 3.63) is 35.4 Å². The largest absolute Gasteiger partial charge is 0.271 e. The number of hydrogen-bond donors (Lipinski definition) is 2. The van der Waals surface area contributed by atoms with Gasteiger partial charge in [-0.25, -0.2) is 8.78 Å². The van der Waals surface area contributed by atoms with Crippen molar-refractivity contribution in [2.24, 2.45) is 17.7 Å². The van der Waals surface area contributed by atoms with Crippen LogP contribution in [0.5, 0.6) is 0 Å². The number of nitrogens with one attached hydrogen (secondary N) is 1. The lowest BCUT2D eigenvalue weighted by Gasteiger charge is -2.33. The van der Waals surface area contributed by atoms with Crippen LogP contribution in [0, 0.1) is 23.5 Å². The molecule has 1 fully saturated rings. The van der Waals surface area contributed by atoms with E-state index in [0.29, 0.717) is 23.8 Å². The lowest BCUT2D eigenvalue weighted by molar-refractivity contribution is 0.222. The van der Waals surface area contributed by atoms with Gasteiger partial charge in [0.15, 0.2) is 0 Å². The number of halogens is 2. The molecule has 106 valence electrons. The molecule has 0 amide bonds. The number of benzene rings is 1. The first kappa shape index (κ1) is 14.4. The van der Waals surface area contributed by atoms with Crippen molar-refractivity contribution < 1.29 is 8.78 Å². The molecule has 3 unspecified atom stereocenters. The van der Waals surface area contributed by atoms with Gasteiger partial charge in [0.05, 0.1) is 0 Å². The quantitative estimate of drug-likeness (QED) is 0.650. The second-order valence-electron chi connectivity index (χ2n) is 5.79. The van der Waals surface area contributed by atoms with E-state index in [9.17, 15) is 8.78 Å². The molecule has 0 aliphatic heterocycles. The van der Waals surface area contributed by atoms with E-state index in [-0.39, 0.29) is 6.04 Å². The van der Waals surface area contributed by atoms with Crippen molar-refractivity contribution in [3.8, 4) is 0 Å². The van der Waals surface area contributed by atoms with Crippen LogP contribution < -0.4 is 11.3 Å². The van der Waals surface area contributed by atoms with Crippen LogP contribution >= 0.6 is 0 Å². The molecule has 0 bridgehead atoms. The molecule has 0 saturated heterocycles. The Morgan fingerprint density at radius 1 is 1.26 bits per heavy atom. The minimum atomic E-state index is -0.525. The molecule has 1 aliphatic rings. The van der Waals surface area contributed by atoms with Gasteiger partial charge in [-0.15, -0.1) is 0 Å². The highest BCUT2D eigenvalue weighted by Crippen LogP contribution is 2.31. The van der Waals surface area contributed by atoms with E-state index in [0.717, 1.165) is 18.9 Å². The highest BCUT2D eigenvalue weighted by molar-refractivity contribution is 5.19. The Bertz CT molecular complexity index is 402. The van der Waals surface area contributed by atoms with E-state index in [1.54, 1.807) is 0 Å². The molecular formula is C15H22F2N2. The van der Waals surface area contributed by atoms with Gasteiger partial charge in [-0.2, -0.15) is 0 Å². The van der Waals surface area contributed by atoms with E-state index in [2.05, 4.69) is 12.3 Å². The first-order valence-electron chi connectivity index (χ1n) is 6.99. The normalized spacial score (nSPS) is 25.3. The molecule has 1 aromatic carbocycles. The standard InChI is InChI=1S/C15H22F2N2/c1-10-3-2-4-12(5-10)15(19-18)8-11-6-13(16)9-14(17)7-11/h6-7,9-10,12,15,19H,2-5,8,18H2,1H3. The SMILES string of the molecule is CC1CCCC(C(Cc2cc(F)cc(F)c2)NN)C1. The van der Waals surface area contributed by atoms with Gasteiger partial charge in [0, 0.05) is 12.1 Å².